The largest absolute Gasteiger partial charge is 0.573 e. The molecule has 1 fully saturated rings. The van der Waals surface area contributed by atoms with Gasteiger partial charge in [-0.15, -0.1) is 13.2 Å². The number of furan rings is 1. The number of likely N-dealkylation sites (tertiary alicyclic amines) is 1. The van der Waals surface area contributed by atoms with E-state index in [1.807, 2.05) is 31.2 Å². The van der Waals surface area contributed by atoms with Crippen LogP contribution in [0.15, 0.2) is 59.0 Å². The van der Waals surface area contributed by atoms with Crippen molar-refractivity contribution in [3.05, 3.63) is 83.0 Å². The Labute approximate surface area is 259 Å². The molecule has 0 aliphatic carbocycles. The summed E-state index contributed by atoms with van der Waals surface area (Å²) in [6.45, 7) is 7.01. The fourth-order valence-corrected chi connectivity index (χ4v) is 5.84. The van der Waals surface area contributed by atoms with Crippen molar-refractivity contribution in [2.75, 3.05) is 25.0 Å². The molecule has 0 bridgehead atoms. The van der Waals surface area contributed by atoms with E-state index in [1.54, 1.807) is 6.07 Å². The van der Waals surface area contributed by atoms with E-state index in [1.165, 1.54) is 24.3 Å². The van der Waals surface area contributed by atoms with Crippen molar-refractivity contribution in [3.63, 3.8) is 0 Å². The Hall–Kier alpha value is -4.45. The number of hydrogen-bond donors (Lipinski definition) is 3. The summed E-state index contributed by atoms with van der Waals surface area (Å²) in [6.07, 6.45) is -2.19. The van der Waals surface area contributed by atoms with Crippen molar-refractivity contribution < 1.29 is 27.1 Å². The molecule has 0 amide bonds. The average Bonchev–Trinajstić information content (AvgIpc) is 3.62. The second kappa shape index (κ2) is 13.7. The SMILES string of the molecule is CCN1CCC(C(CCc2cc3cc(C(=N)N)ccc3o2)Nc2cc(C)nc(CC(=O)Cc3ccc(OC(F)(F)F)cc3)n2)C1. The van der Waals surface area contributed by atoms with Gasteiger partial charge < -0.3 is 25.1 Å². The fraction of sp³-hybridized carbons (Fsp3) is 0.394. The minimum Gasteiger partial charge on any atom is -0.461 e. The zero-order chi connectivity index (χ0) is 32.1. The van der Waals surface area contributed by atoms with Crippen LogP contribution in [0.1, 0.15) is 48.2 Å². The highest BCUT2D eigenvalue weighted by Gasteiger charge is 2.31. The third kappa shape index (κ3) is 8.81. The molecule has 1 saturated heterocycles. The minimum atomic E-state index is -4.77. The molecule has 5 rings (SSSR count). The summed E-state index contributed by atoms with van der Waals surface area (Å²) < 4.78 is 47.3. The van der Waals surface area contributed by atoms with E-state index >= 15 is 0 Å². The summed E-state index contributed by atoms with van der Waals surface area (Å²) in [5.74, 6) is 1.81. The smallest absolute Gasteiger partial charge is 0.461 e. The summed E-state index contributed by atoms with van der Waals surface area (Å²) in [6, 6.07) is 14.7. The Morgan fingerprint density at radius 2 is 1.93 bits per heavy atom. The number of Topliss-reactive ketones (excluding diaryl/α,β-unsaturated/α-hetero) is 1. The maximum atomic E-state index is 12.9. The molecule has 0 saturated carbocycles. The molecular formula is C33H37F3N6O3. The van der Waals surface area contributed by atoms with Crippen LogP contribution in [0, 0.1) is 18.3 Å². The summed E-state index contributed by atoms with van der Waals surface area (Å²) in [7, 11) is 0. The summed E-state index contributed by atoms with van der Waals surface area (Å²) >= 11 is 0. The first kappa shape index (κ1) is 32.0. The second-order valence-electron chi connectivity index (χ2n) is 11.5. The first-order valence-corrected chi connectivity index (χ1v) is 15.0. The molecule has 1 aliphatic heterocycles. The van der Waals surface area contributed by atoms with Crippen molar-refractivity contribution in [3.8, 4) is 5.75 Å². The number of ketones is 1. The van der Waals surface area contributed by atoms with Gasteiger partial charge in [0, 0.05) is 48.1 Å². The number of aromatic nitrogens is 2. The number of hydrogen-bond acceptors (Lipinski definition) is 8. The van der Waals surface area contributed by atoms with Crippen LogP contribution in [0.5, 0.6) is 5.75 Å². The topological polar surface area (TPSA) is 130 Å². The highest BCUT2D eigenvalue weighted by Crippen LogP contribution is 2.28. The van der Waals surface area contributed by atoms with Crippen LogP contribution in [0.3, 0.4) is 0 Å². The van der Waals surface area contributed by atoms with Gasteiger partial charge in [0.25, 0.3) is 0 Å². The first-order chi connectivity index (χ1) is 21.4. The first-order valence-electron chi connectivity index (χ1n) is 15.0. The van der Waals surface area contributed by atoms with Gasteiger partial charge in [-0.2, -0.15) is 0 Å². The number of rotatable bonds is 13. The number of anilines is 1. The lowest BCUT2D eigenvalue weighted by molar-refractivity contribution is -0.274. The number of ether oxygens (including phenoxy) is 1. The van der Waals surface area contributed by atoms with Crippen molar-refractivity contribution in [2.45, 2.75) is 58.4 Å². The predicted octanol–water partition coefficient (Wildman–Crippen LogP) is 5.82. The van der Waals surface area contributed by atoms with Crippen molar-refractivity contribution in [2.24, 2.45) is 11.7 Å². The highest BCUT2D eigenvalue weighted by molar-refractivity contribution is 5.98. The molecular weight excluding hydrogens is 585 g/mol. The number of carbonyl (C=O) groups excluding carboxylic acids is 1. The number of nitrogens with two attached hydrogens (primary N) is 1. The molecule has 9 nitrogen and oxygen atoms in total. The van der Waals surface area contributed by atoms with Gasteiger partial charge in [0.1, 0.15) is 40.4 Å². The molecule has 2 aromatic heterocycles. The molecule has 238 valence electrons. The quantitative estimate of drug-likeness (QED) is 0.126. The lowest BCUT2D eigenvalue weighted by atomic mass is 9.94. The van der Waals surface area contributed by atoms with Crippen molar-refractivity contribution in [1.29, 1.82) is 5.41 Å². The molecule has 45 heavy (non-hydrogen) atoms. The van der Waals surface area contributed by atoms with Gasteiger partial charge in [-0.25, -0.2) is 9.97 Å². The summed E-state index contributed by atoms with van der Waals surface area (Å²) in [4.78, 5) is 24.4. The predicted molar refractivity (Wildman–Crippen MR) is 165 cm³/mol. The Balaban J connectivity index is 1.26. The second-order valence-corrected chi connectivity index (χ2v) is 11.5. The molecule has 2 unspecified atom stereocenters. The molecule has 0 spiro atoms. The van der Waals surface area contributed by atoms with Gasteiger partial charge in [0.15, 0.2) is 0 Å². The molecule has 0 radical (unpaired) electrons. The van der Waals surface area contributed by atoms with Crippen molar-refractivity contribution in [1.82, 2.24) is 14.9 Å². The van der Waals surface area contributed by atoms with E-state index in [2.05, 4.69) is 31.8 Å². The Bertz CT molecular complexity index is 1650. The normalized spacial score (nSPS) is 16.2. The summed E-state index contributed by atoms with van der Waals surface area (Å²) in [5.41, 5.74) is 8.36. The average molecular weight is 623 g/mol. The Morgan fingerprint density at radius 1 is 1.16 bits per heavy atom. The number of amidine groups is 1. The van der Waals surface area contributed by atoms with Gasteiger partial charge in [0.05, 0.1) is 6.42 Å². The number of fused-ring (bicyclic) bond motifs is 1. The van der Waals surface area contributed by atoms with Crippen LogP contribution in [-0.4, -0.2) is 58.5 Å². The van der Waals surface area contributed by atoms with E-state index < -0.39 is 6.36 Å². The van der Waals surface area contributed by atoms with Crippen LogP contribution in [0.4, 0.5) is 19.0 Å². The molecule has 2 atom stereocenters. The standard InChI is InChI=1S/C33H37F3N6O3/c1-3-42-13-12-23(19-42)28(10-9-27-17-24-16-22(32(37)38)6-11-29(24)44-27)40-30-14-20(2)39-31(41-30)18-25(43)15-21-4-7-26(8-5-21)45-33(34,35)36/h4-8,11,14,16-17,23,28H,3,9-10,12-13,15,18-19H2,1-2H3,(H3,37,38)(H,39,40,41). The van der Waals surface area contributed by atoms with Gasteiger partial charge in [0.2, 0.25) is 0 Å². The number of nitrogens with one attached hydrogen (secondary N) is 2. The lowest BCUT2D eigenvalue weighted by Crippen LogP contribution is -2.33. The van der Waals surface area contributed by atoms with Crippen LogP contribution in [0.25, 0.3) is 11.0 Å². The van der Waals surface area contributed by atoms with E-state index in [4.69, 9.17) is 15.6 Å². The molecule has 4 aromatic rings. The monoisotopic (exact) mass is 622 g/mol. The molecule has 3 heterocycles. The van der Waals surface area contributed by atoms with Crippen LogP contribution < -0.4 is 15.8 Å². The van der Waals surface area contributed by atoms with E-state index in [-0.39, 0.29) is 36.3 Å². The zero-order valence-electron chi connectivity index (χ0n) is 25.3. The number of nitrogens with zero attached hydrogens (tertiary/aromatic N) is 3. The van der Waals surface area contributed by atoms with Crippen molar-refractivity contribution >= 4 is 28.4 Å². The number of alkyl halides is 3. The zero-order valence-corrected chi connectivity index (χ0v) is 25.3. The number of carbonyl (C=O) groups is 1. The number of benzene rings is 2. The third-order valence-electron chi connectivity index (χ3n) is 8.05. The molecule has 12 heteroatoms. The van der Waals surface area contributed by atoms with E-state index in [0.717, 1.165) is 54.9 Å². The highest BCUT2D eigenvalue weighted by atomic mass is 19.4. The molecule has 1 aliphatic rings. The number of nitrogen functional groups attached to an aromatic ring is 1. The fourth-order valence-electron chi connectivity index (χ4n) is 5.84. The number of halogens is 3. The maximum Gasteiger partial charge on any atom is 0.573 e. The van der Waals surface area contributed by atoms with Gasteiger partial charge in [-0.3, -0.25) is 10.2 Å². The third-order valence-corrected chi connectivity index (χ3v) is 8.05. The van der Waals surface area contributed by atoms with Crippen LogP contribution >= 0.6 is 0 Å². The van der Waals surface area contributed by atoms with E-state index in [9.17, 15) is 18.0 Å². The van der Waals surface area contributed by atoms with E-state index in [0.29, 0.717) is 35.1 Å². The maximum absolute atomic E-state index is 12.9. The summed E-state index contributed by atoms with van der Waals surface area (Å²) in [5, 5.41) is 12.3. The van der Waals surface area contributed by atoms with Gasteiger partial charge >= 0.3 is 6.36 Å². The Kier molecular flexibility index (Phi) is 9.71. The molecule has 2 aromatic carbocycles. The Morgan fingerprint density at radius 3 is 2.62 bits per heavy atom. The van der Waals surface area contributed by atoms with Crippen LogP contribution in [-0.2, 0) is 24.1 Å². The lowest BCUT2D eigenvalue weighted by Gasteiger charge is -2.26. The van der Waals surface area contributed by atoms with Crippen LogP contribution in [0.2, 0.25) is 0 Å². The molecule has 4 N–H and O–H groups in total. The number of aryl methyl sites for hydroxylation is 2. The van der Waals surface area contributed by atoms with Gasteiger partial charge in [-0.1, -0.05) is 19.1 Å². The minimum absolute atomic E-state index is 0.00386. The van der Waals surface area contributed by atoms with Gasteiger partial charge in [-0.05, 0) is 80.7 Å².